The first-order chi connectivity index (χ1) is 14.0. The van der Waals surface area contributed by atoms with Gasteiger partial charge in [0.15, 0.2) is 0 Å². The van der Waals surface area contributed by atoms with Crippen LogP contribution in [0.3, 0.4) is 0 Å². The van der Waals surface area contributed by atoms with Gasteiger partial charge in [-0.25, -0.2) is 14.4 Å². The zero-order chi connectivity index (χ0) is 22.7. The van der Waals surface area contributed by atoms with E-state index in [1.165, 1.54) is 0 Å². The van der Waals surface area contributed by atoms with Gasteiger partial charge in [-0.1, -0.05) is 41.5 Å². The average molecular weight is 433 g/mol. The van der Waals surface area contributed by atoms with Gasteiger partial charge in [0, 0.05) is 19.3 Å². The van der Waals surface area contributed by atoms with E-state index in [1.54, 1.807) is 0 Å². The lowest BCUT2D eigenvalue weighted by Gasteiger charge is -2.33. The molecule has 1 aliphatic carbocycles. The first kappa shape index (κ1) is 25.8. The fourth-order valence-electron chi connectivity index (χ4n) is 2.67. The predicted molar refractivity (Wildman–Crippen MR) is 107 cm³/mol. The Hall–Kier alpha value is -2.19. The second-order valence-corrected chi connectivity index (χ2v) is 8.79. The van der Waals surface area contributed by atoms with Crippen LogP contribution in [0.2, 0.25) is 0 Å². The van der Waals surface area contributed by atoms with Crippen molar-refractivity contribution in [3.8, 4) is 0 Å². The Labute approximate surface area is 178 Å². The standard InChI is InChI=1S/C21H36O9/c1-13(2)10-25-19(22)28-16-7-17(29-20(23)26-11-14(3)4)9-18(8-16)30-21(24)27-12-15(5)6/h13-18H,7-12H2,1-6H3. The molecule has 0 aromatic carbocycles. The van der Waals surface area contributed by atoms with Crippen molar-refractivity contribution in [3.05, 3.63) is 0 Å². The molecule has 0 unspecified atom stereocenters. The molecule has 0 N–H and O–H groups in total. The van der Waals surface area contributed by atoms with Crippen molar-refractivity contribution in [2.24, 2.45) is 17.8 Å². The number of hydrogen-bond donors (Lipinski definition) is 0. The first-order valence-corrected chi connectivity index (χ1v) is 10.5. The summed E-state index contributed by atoms with van der Waals surface area (Å²) in [6.45, 7) is 12.2. The van der Waals surface area contributed by atoms with Gasteiger partial charge in [0.05, 0.1) is 19.8 Å². The molecular weight excluding hydrogens is 396 g/mol. The molecule has 1 rings (SSSR count). The van der Waals surface area contributed by atoms with Crippen LogP contribution in [0.4, 0.5) is 14.4 Å². The highest BCUT2D eigenvalue weighted by atomic mass is 16.7. The van der Waals surface area contributed by atoms with Crippen LogP contribution in [0.1, 0.15) is 60.8 Å². The predicted octanol–water partition coefficient (Wildman–Crippen LogP) is 4.70. The Morgan fingerprint density at radius 1 is 0.567 bits per heavy atom. The van der Waals surface area contributed by atoms with Crippen LogP contribution in [0.25, 0.3) is 0 Å². The van der Waals surface area contributed by atoms with E-state index in [-0.39, 0.29) is 56.8 Å². The third kappa shape index (κ3) is 11.7. The summed E-state index contributed by atoms with van der Waals surface area (Å²) in [5.41, 5.74) is 0. The van der Waals surface area contributed by atoms with E-state index in [2.05, 4.69) is 0 Å². The molecule has 30 heavy (non-hydrogen) atoms. The lowest BCUT2D eigenvalue weighted by atomic mass is 9.92. The molecule has 9 heteroatoms. The van der Waals surface area contributed by atoms with Gasteiger partial charge in [-0.05, 0) is 17.8 Å². The number of ether oxygens (including phenoxy) is 6. The molecule has 0 aromatic heterocycles. The normalized spacial score (nSPS) is 21.3. The van der Waals surface area contributed by atoms with Gasteiger partial charge in [-0.3, -0.25) is 0 Å². The maximum Gasteiger partial charge on any atom is 0.508 e. The Kier molecular flexibility index (Phi) is 11.4. The van der Waals surface area contributed by atoms with Gasteiger partial charge < -0.3 is 28.4 Å². The van der Waals surface area contributed by atoms with E-state index in [0.29, 0.717) is 0 Å². The monoisotopic (exact) mass is 432 g/mol. The molecule has 1 saturated carbocycles. The molecule has 0 atom stereocenters. The minimum atomic E-state index is -0.808. The van der Waals surface area contributed by atoms with E-state index < -0.39 is 36.8 Å². The Bertz CT molecular complexity index is 463. The fourth-order valence-corrected chi connectivity index (χ4v) is 2.67. The maximum atomic E-state index is 11.9. The molecule has 0 aliphatic heterocycles. The molecule has 0 aromatic rings. The molecule has 0 saturated heterocycles. The lowest BCUT2D eigenvalue weighted by molar-refractivity contribution is -0.0795. The molecule has 0 radical (unpaired) electrons. The van der Waals surface area contributed by atoms with Crippen molar-refractivity contribution in [1.82, 2.24) is 0 Å². The van der Waals surface area contributed by atoms with E-state index >= 15 is 0 Å². The zero-order valence-corrected chi connectivity index (χ0v) is 18.9. The summed E-state index contributed by atoms with van der Waals surface area (Å²) in [6.07, 6.45) is -3.55. The molecule has 0 bridgehead atoms. The lowest BCUT2D eigenvalue weighted by Crippen LogP contribution is -2.40. The summed E-state index contributed by atoms with van der Waals surface area (Å²) >= 11 is 0. The Balaban J connectivity index is 2.66. The SMILES string of the molecule is CC(C)COC(=O)OC1CC(OC(=O)OCC(C)C)CC(OC(=O)OCC(C)C)C1. The fraction of sp³-hybridized carbons (Fsp3) is 0.857. The van der Waals surface area contributed by atoms with E-state index in [4.69, 9.17) is 28.4 Å². The van der Waals surface area contributed by atoms with Crippen molar-refractivity contribution in [2.45, 2.75) is 79.1 Å². The van der Waals surface area contributed by atoms with Gasteiger partial charge in [0.1, 0.15) is 18.3 Å². The third-order valence-electron chi connectivity index (χ3n) is 3.97. The van der Waals surface area contributed by atoms with Crippen LogP contribution >= 0.6 is 0 Å². The minimum Gasteiger partial charge on any atom is -0.434 e. The summed E-state index contributed by atoms with van der Waals surface area (Å²) in [7, 11) is 0. The highest BCUT2D eigenvalue weighted by Crippen LogP contribution is 2.27. The van der Waals surface area contributed by atoms with Crippen LogP contribution in [-0.4, -0.2) is 56.6 Å². The summed E-state index contributed by atoms with van der Waals surface area (Å²) in [5, 5.41) is 0. The smallest absolute Gasteiger partial charge is 0.434 e. The second kappa shape index (κ2) is 13.2. The van der Waals surface area contributed by atoms with Crippen molar-refractivity contribution >= 4 is 18.5 Å². The second-order valence-electron chi connectivity index (χ2n) is 8.79. The van der Waals surface area contributed by atoms with Crippen molar-refractivity contribution in [2.75, 3.05) is 19.8 Å². The molecule has 0 amide bonds. The highest BCUT2D eigenvalue weighted by molar-refractivity contribution is 5.61. The largest absolute Gasteiger partial charge is 0.508 e. The summed E-state index contributed by atoms with van der Waals surface area (Å²) in [6, 6.07) is 0. The molecule has 0 heterocycles. The first-order valence-electron chi connectivity index (χ1n) is 10.5. The molecule has 1 aliphatic rings. The van der Waals surface area contributed by atoms with Crippen LogP contribution in [0.15, 0.2) is 0 Å². The van der Waals surface area contributed by atoms with E-state index in [1.807, 2.05) is 41.5 Å². The van der Waals surface area contributed by atoms with Crippen molar-refractivity contribution < 1.29 is 42.8 Å². The summed E-state index contributed by atoms with van der Waals surface area (Å²) in [5.74, 6) is 0.507. The van der Waals surface area contributed by atoms with Gasteiger partial charge in [0.25, 0.3) is 0 Å². The Morgan fingerprint density at radius 3 is 1.00 bits per heavy atom. The van der Waals surface area contributed by atoms with Crippen LogP contribution in [0, 0.1) is 17.8 Å². The average Bonchev–Trinajstić information content (AvgIpc) is 2.63. The number of rotatable bonds is 9. The van der Waals surface area contributed by atoms with Gasteiger partial charge in [-0.15, -0.1) is 0 Å². The van der Waals surface area contributed by atoms with Gasteiger partial charge in [0.2, 0.25) is 0 Å². The number of carbonyl (C=O) groups excluding carboxylic acids is 3. The summed E-state index contributed by atoms with van der Waals surface area (Å²) < 4.78 is 31.1. The third-order valence-corrected chi connectivity index (χ3v) is 3.97. The molecule has 1 fully saturated rings. The quantitative estimate of drug-likeness (QED) is 0.378. The minimum absolute atomic E-state index is 0.169. The van der Waals surface area contributed by atoms with E-state index in [0.717, 1.165) is 0 Å². The van der Waals surface area contributed by atoms with Crippen LogP contribution < -0.4 is 0 Å². The topological polar surface area (TPSA) is 107 Å². The van der Waals surface area contributed by atoms with Gasteiger partial charge >= 0.3 is 18.5 Å². The number of hydrogen-bond acceptors (Lipinski definition) is 9. The summed E-state index contributed by atoms with van der Waals surface area (Å²) in [4.78, 5) is 35.8. The maximum absolute atomic E-state index is 11.9. The van der Waals surface area contributed by atoms with Crippen molar-refractivity contribution in [1.29, 1.82) is 0 Å². The van der Waals surface area contributed by atoms with Crippen molar-refractivity contribution in [3.63, 3.8) is 0 Å². The van der Waals surface area contributed by atoms with Crippen LogP contribution in [0.5, 0.6) is 0 Å². The zero-order valence-electron chi connectivity index (χ0n) is 18.9. The number of carbonyl (C=O) groups is 3. The molecular formula is C21H36O9. The molecule has 9 nitrogen and oxygen atoms in total. The van der Waals surface area contributed by atoms with E-state index in [9.17, 15) is 14.4 Å². The van der Waals surface area contributed by atoms with Crippen LogP contribution in [-0.2, 0) is 28.4 Å². The highest BCUT2D eigenvalue weighted by Gasteiger charge is 2.36. The molecule has 0 spiro atoms. The van der Waals surface area contributed by atoms with Gasteiger partial charge in [-0.2, -0.15) is 0 Å². The molecule has 174 valence electrons. The Morgan fingerprint density at radius 2 is 0.800 bits per heavy atom.